The molecule has 3 nitrogen and oxygen atoms in total. The second-order valence-corrected chi connectivity index (χ2v) is 4.04. The Morgan fingerprint density at radius 1 is 1.15 bits per heavy atom. The first kappa shape index (κ1) is 13.8. The van der Waals surface area contributed by atoms with Crippen LogP contribution >= 0.6 is 0 Å². The molecular weight excluding hydrogens is 257 g/mol. The van der Waals surface area contributed by atoms with Gasteiger partial charge in [-0.2, -0.15) is 0 Å². The summed E-state index contributed by atoms with van der Waals surface area (Å²) in [7, 11) is 1.56. The topological polar surface area (TPSA) is 38.3 Å². The summed E-state index contributed by atoms with van der Waals surface area (Å²) in [6.07, 6.45) is 2.96. The number of hydrogen-bond donors (Lipinski definition) is 1. The molecule has 0 aromatic heterocycles. The lowest BCUT2D eigenvalue weighted by molar-refractivity contribution is -0.111. The van der Waals surface area contributed by atoms with E-state index in [1.165, 1.54) is 18.2 Å². The van der Waals surface area contributed by atoms with Gasteiger partial charge in [0.2, 0.25) is 5.91 Å². The standard InChI is InChI=1S/C16H14FNO2/c1-20-15-9-5-2-6-12(15)10-11-16(19)18-14-8-4-3-7-13(14)17/h2-11H,1H3,(H,18,19)/b11-10+. The fourth-order valence-corrected chi connectivity index (χ4v) is 1.71. The van der Waals surface area contributed by atoms with Gasteiger partial charge in [0.05, 0.1) is 12.8 Å². The Morgan fingerprint density at radius 3 is 2.60 bits per heavy atom. The molecule has 102 valence electrons. The van der Waals surface area contributed by atoms with Crippen molar-refractivity contribution in [2.45, 2.75) is 0 Å². The van der Waals surface area contributed by atoms with Gasteiger partial charge in [-0.3, -0.25) is 4.79 Å². The molecule has 0 aliphatic rings. The van der Waals surface area contributed by atoms with Crippen LogP contribution in [0.15, 0.2) is 54.6 Å². The molecule has 20 heavy (non-hydrogen) atoms. The summed E-state index contributed by atoms with van der Waals surface area (Å²) in [5.41, 5.74) is 0.931. The highest BCUT2D eigenvalue weighted by molar-refractivity contribution is 6.02. The van der Waals surface area contributed by atoms with Gasteiger partial charge in [-0.15, -0.1) is 0 Å². The molecule has 0 heterocycles. The van der Waals surface area contributed by atoms with E-state index in [2.05, 4.69) is 5.32 Å². The summed E-state index contributed by atoms with van der Waals surface area (Å²) in [6.45, 7) is 0. The minimum absolute atomic E-state index is 0.155. The average molecular weight is 271 g/mol. The maximum atomic E-state index is 13.4. The lowest BCUT2D eigenvalue weighted by Gasteiger charge is -2.04. The van der Waals surface area contributed by atoms with Crippen molar-refractivity contribution in [2.75, 3.05) is 12.4 Å². The second kappa shape index (κ2) is 6.52. The van der Waals surface area contributed by atoms with Gasteiger partial charge < -0.3 is 10.1 Å². The van der Waals surface area contributed by atoms with E-state index >= 15 is 0 Å². The third-order valence-electron chi connectivity index (χ3n) is 2.68. The van der Waals surface area contributed by atoms with E-state index in [0.29, 0.717) is 5.75 Å². The molecule has 0 aliphatic heterocycles. The number of carbonyl (C=O) groups is 1. The van der Waals surface area contributed by atoms with Gasteiger partial charge in [-0.25, -0.2) is 4.39 Å². The molecule has 2 aromatic carbocycles. The number of nitrogens with one attached hydrogen (secondary N) is 1. The van der Waals surface area contributed by atoms with Gasteiger partial charge in [0.15, 0.2) is 0 Å². The molecule has 0 unspecified atom stereocenters. The summed E-state index contributed by atoms with van der Waals surface area (Å²) in [5.74, 6) is -0.199. The molecule has 0 radical (unpaired) electrons. The van der Waals surface area contributed by atoms with Crippen LogP contribution in [-0.2, 0) is 4.79 Å². The zero-order valence-corrected chi connectivity index (χ0v) is 11.0. The van der Waals surface area contributed by atoms with Crippen LogP contribution in [0.4, 0.5) is 10.1 Å². The smallest absolute Gasteiger partial charge is 0.248 e. The number of anilines is 1. The van der Waals surface area contributed by atoms with E-state index in [9.17, 15) is 9.18 Å². The van der Waals surface area contributed by atoms with E-state index < -0.39 is 11.7 Å². The average Bonchev–Trinajstić information content (AvgIpc) is 2.48. The number of ether oxygens (including phenoxy) is 1. The Morgan fingerprint density at radius 2 is 1.85 bits per heavy atom. The first-order valence-corrected chi connectivity index (χ1v) is 6.07. The first-order chi connectivity index (χ1) is 9.70. The van der Waals surface area contributed by atoms with E-state index in [4.69, 9.17) is 4.74 Å². The van der Waals surface area contributed by atoms with E-state index in [0.717, 1.165) is 5.56 Å². The lowest BCUT2D eigenvalue weighted by Crippen LogP contribution is -2.09. The maximum Gasteiger partial charge on any atom is 0.248 e. The van der Waals surface area contributed by atoms with Gasteiger partial charge in [0.1, 0.15) is 11.6 Å². The third-order valence-corrected chi connectivity index (χ3v) is 2.68. The number of carbonyl (C=O) groups excluding carboxylic acids is 1. The molecule has 1 amide bonds. The monoisotopic (exact) mass is 271 g/mol. The Bertz CT molecular complexity index is 638. The summed E-state index contributed by atoms with van der Waals surface area (Å²) in [5, 5.41) is 2.48. The van der Waals surface area contributed by atoms with Crippen LogP contribution < -0.4 is 10.1 Å². The zero-order valence-electron chi connectivity index (χ0n) is 11.0. The van der Waals surface area contributed by atoms with Crippen LogP contribution in [0.25, 0.3) is 6.08 Å². The van der Waals surface area contributed by atoms with Crippen molar-refractivity contribution in [1.29, 1.82) is 0 Å². The van der Waals surface area contributed by atoms with Crippen LogP contribution in [0.3, 0.4) is 0 Å². The quantitative estimate of drug-likeness (QED) is 0.864. The number of amides is 1. The van der Waals surface area contributed by atoms with Crippen molar-refractivity contribution in [3.63, 3.8) is 0 Å². The molecule has 0 spiro atoms. The molecule has 2 aromatic rings. The van der Waals surface area contributed by atoms with E-state index in [1.807, 2.05) is 18.2 Å². The number of benzene rings is 2. The molecule has 1 N–H and O–H groups in total. The number of rotatable bonds is 4. The van der Waals surface area contributed by atoms with Crippen LogP contribution in [0.2, 0.25) is 0 Å². The molecule has 0 fully saturated rings. The number of para-hydroxylation sites is 2. The minimum atomic E-state index is -0.466. The maximum absolute atomic E-state index is 13.4. The van der Waals surface area contributed by atoms with Crippen molar-refractivity contribution in [1.82, 2.24) is 0 Å². The Labute approximate surface area is 116 Å². The van der Waals surface area contributed by atoms with Crippen molar-refractivity contribution in [2.24, 2.45) is 0 Å². The summed E-state index contributed by atoms with van der Waals surface area (Å²) in [4.78, 5) is 11.7. The highest BCUT2D eigenvalue weighted by Crippen LogP contribution is 2.19. The van der Waals surface area contributed by atoms with Crippen molar-refractivity contribution >= 4 is 17.7 Å². The summed E-state index contributed by atoms with van der Waals surface area (Å²) in [6, 6.07) is 13.3. The Kier molecular flexibility index (Phi) is 4.50. The Balaban J connectivity index is 2.08. The predicted octanol–water partition coefficient (Wildman–Crippen LogP) is 3.49. The van der Waals surface area contributed by atoms with Crippen LogP contribution in [0.1, 0.15) is 5.56 Å². The van der Waals surface area contributed by atoms with Crippen LogP contribution in [0, 0.1) is 5.82 Å². The number of hydrogen-bond acceptors (Lipinski definition) is 2. The van der Waals surface area contributed by atoms with Gasteiger partial charge in [0, 0.05) is 11.6 Å². The Hall–Kier alpha value is -2.62. The van der Waals surface area contributed by atoms with Gasteiger partial charge in [-0.05, 0) is 24.3 Å². The first-order valence-electron chi connectivity index (χ1n) is 6.07. The fourth-order valence-electron chi connectivity index (χ4n) is 1.71. The SMILES string of the molecule is COc1ccccc1/C=C/C(=O)Nc1ccccc1F. The highest BCUT2D eigenvalue weighted by atomic mass is 19.1. The lowest BCUT2D eigenvalue weighted by atomic mass is 10.2. The zero-order chi connectivity index (χ0) is 14.4. The van der Waals surface area contributed by atoms with Crippen molar-refractivity contribution in [3.8, 4) is 5.75 Å². The molecule has 0 saturated heterocycles. The van der Waals surface area contributed by atoms with E-state index in [-0.39, 0.29) is 5.69 Å². The van der Waals surface area contributed by atoms with Crippen LogP contribution in [0.5, 0.6) is 5.75 Å². The van der Waals surface area contributed by atoms with E-state index in [1.54, 1.807) is 31.4 Å². The molecule has 0 bridgehead atoms. The number of methoxy groups -OCH3 is 1. The minimum Gasteiger partial charge on any atom is -0.496 e. The summed E-state index contributed by atoms with van der Waals surface area (Å²) >= 11 is 0. The number of halogens is 1. The van der Waals surface area contributed by atoms with Gasteiger partial charge in [0.25, 0.3) is 0 Å². The largest absolute Gasteiger partial charge is 0.496 e. The third kappa shape index (κ3) is 3.45. The predicted molar refractivity (Wildman–Crippen MR) is 77.1 cm³/mol. The van der Waals surface area contributed by atoms with Crippen LogP contribution in [-0.4, -0.2) is 13.0 Å². The fraction of sp³-hybridized carbons (Fsp3) is 0.0625. The van der Waals surface area contributed by atoms with Gasteiger partial charge >= 0.3 is 0 Å². The second-order valence-electron chi connectivity index (χ2n) is 4.04. The molecule has 0 atom stereocenters. The molecular formula is C16H14FNO2. The normalized spacial score (nSPS) is 10.5. The van der Waals surface area contributed by atoms with Crippen molar-refractivity contribution in [3.05, 3.63) is 66.0 Å². The molecule has 0 saturated carbocycles. The highest BCUT2D eigenvalue weighted by Gasteiger charge is 2.03. The molecule has 0 aliphatic carbocycles. The summed E-state index contributed by atoms with van der Waals surface area (Å²) < 4.78 is 18.5. The van der Waals surface area contributed by atoms with Gasteiger partial charge in [-0.1, -0.05) is 30.3 Å². The molecule has 4 heteroatoms. The molecule has 2 rings (SSSR count). The van der Waals surface area contributed by atoms with Crippen molar-refractivity contribution < 1.29 is 13.9 Å².